The van der Waals surface area contributed by atoms with Gasteiger partial charge in [0.15, 0.2) is 0 Å². The summed E-state index contributed by atoms with van der Waals surface area (Å²) in [6.45, 7) is 2.16. The van der Waals surface area contributed by atoms with Crippen LogP contribution in [0.1, 0.15) is 34.6 Å². The maximum absolute atomic E-state index is 13.3. The minimum Gasteiger partial charge on any atom is -0.477 e. The molecule has 2 heterocycles. The van der Waals surface area contributed by atoms with Crippen LogP contribution in [0.5, 0.6) is 0 Å². The van der Waals surface area contributed by atoms with Crippen molar-refractivity contribution < 1.29 is 18.7 Å². The summed E-state index contributed by atoms with van der Waals surface area (Å²) in [5, 5.41) is 16.5. The van der Waals surface area contributed by atoms with Crippen LogP contribution in [0.25, 0.3) is 0 Å². The third kappa shape index (κ3) is 2.24. The van der Waals surface area contributed by atoms with Gasteiger partial charge in [-0.1, -0.05) is 6.92 Å². The maximum atomic E-state index is 13.3. The molecule has 0 spiro atoms. The first kappa shape index (κ1) is 13.5. The Morgan fingerprint density at radius 2 is 2.10 bits per heavy atom. The van der Waals surface area contributed by atoms with Crippen LogP contribution in [0.2, 0.25) is 0 Å². The van der Waals surface area contributed by atoms with E-state index in [4.69, 9.17) is 0 Å². The second kappa shape index (κ2) is 4.83. The SMILES string of the molecule is CCc1nn2c(c1C(=O)O)NC(c1cc(F)cc(F)c1)C2. The number of nitrogens with zero attached hydrogens (tertiary/aromatic N) is 2. The van der Waals surface area contributed by atoms with E-state index in [-0.39, 0.29) is 5.56 Å². The van der Waals surface area contributed by atoms with Crippen LogP contribution in [0.4, 0.5) is 14.6 Å². The van der Waals surface area contributed by atoms with Crippen LogP contribution in [-0.2, 0) is 13.0 Å². The molecule has 0 saturated heterocycles. The number of aryl methyl sites for hydroxylation is 1. The number of carboxylic acids is 1. The molecule has 1 unspecified atom stereocenters. The molecule has 2 aromatic rings. The van der Waals surface area contributed by atoms with E-state index in [0.717, 1.165) is 6.07 Å². The molecule has 1 aromatic heterocycles. The fourth-order valence-electron chi connectivity index (χ4n) is 2.61. The van der Waals surface area contributed by atoms with E-state index in [1.807, 2.05) is 6.92 Å². The minimum atomic E-state index is -1.06. The van der Waals surface area contributed by atoms with Crippen LogP contribution in [-0.4, -0.2) is 20.9 Å². The lowest BCUT2D eigenvalue weighted by Crippen LogP contribution is -2.11. The van der Waals surface area contributed by atoms with Gasteiger partial charge in [0.2, 0.25) is 0 Å². The Hall–Kier alpha value is -2.44. The molecular formula is C14H13F2N3O2. The van der Waals surface area contributed by atoms with Crippen molar-refractivity contribution in [3.63, 3.8) is 0 Å². The average Bonchev–Trinajstić information content (AvgIpc) is 2.93. The number of aromatic carboxylic acids is 1. The Morgan fingerprint density at radius 1 is 1.43 bits per heavy atom. The zero-order valence-corrected chi connectivity index (χ0v) is 11.2. The summed E-state index contributed by atoms with van der Waals surface area (Å²) in [5.41, 5.74) is 1.04. The predicted molar refractivity (Wildman–Crippen MR) is 71.3 cm³/mol. The molecule has 1 aliphatic heterocycles. The van der Waals surface area contributed by atoms with Crippen LogP contribution < -0.4 is 5.32 Å². The van der Waals surface area contributed by atoms with Crippen molar-refractivity contribution >= 4 is 11.8 Å². The van der Waals surface area contributed by atoms with E-state index in [1.54, 1.807) is 0 Å². The Bertz CT molecular complexity index is 707. The van der Waals surface area contributed by atoms with Gasteiger partial charge in [-0.3, -0.25) is 0 Å². The van der Waals surface area contributed by atoms with E-state index in [9.17, 15) is 18.7 Å². The van der Waals surface area contributed by atoms with Crippen molar-refractivity contribution in [1.82, 2.24) is 9.78 Å². The van der Waals surface area contributed by atoms with Crippen molar-refractivity contribution in [2.24, 2.45) is 0 Å². The van der Waals surface area contributed by atoms with Gasteiger partial charge in [0.1, 0.15) is 23.0 Å². The summed E-state index contributed by atoms with van der Waals surface area (Å²) >= 11 is 0. The maximum Gasteiger partial charge on any atom is 0.341 e. The number of anilines is 1. The quantitative estimate of drug-likeness (QED) is 0.912. The molecule has 2 N–H and O–H groups in total. The van der Waals surface area contributed by atoms with Gasteiger partial charge >= 0.3 is 5.97 Å². The molecule has 21 heavy (non-hydrogen) atoms. The number of nitrogens with one attached hydrogen (secondary N) is 1. The molecule has 0 amide bonds. The van der Waals surface area contributed by atoms with Gasteiger partial charge < -0.3 is 10.4 Å². The van der Waals surface area contributed by atoms with Crippen LogP contribution in [0.3, 0.4) is 0 Å². The van der Waals surface area contributed by atoms with E-state index >= 15 is 0 Å². The van der Waals surface area contributed by atoms with E-state index < -0.39 is 23.6 Å². The number of hydrogen-bond acceptors (Lipinski definition) is 3. The molecule has 3 rings (SSSR count). The fourth-order valence-corrected chi connectivity index (χ4v) is 2.61. The smallest absolute Gasteiger partial charge is 0.341 e. The summed E-state index contributed by atoms with van der Waals surface area (Å²) in [7, 11) is 0. The van der Waals surface area contributed by atoms with Gasteiger partial charge in [-0.15, -0.1) is 0 Å². The van der Waals surface area contributed by atoms with Gasteiger partial charge in [-0.2, -0.15) is 5.10 Å². The largest absolute Gasteiger partial charge is 0.477 e. The summed E-state index contributed by atoms with van der Waals surface area (Å²) in [4.78, 5) is 11.3. The number of aromatic nitrogens is 2. The number of benzene rings is 1. The second-order valence-electron chi connectivity index (χ2n) is 4.91. The highest BCUT2D eigenvalue weighted by Crippen LogP contribution is 2.33. The molecule has 5 nitrogen and oxygen atoms in total. The monoisotopic (exact) mass is 293 g/mol. The molecule has 7 heteroatoms. The Kier molecular flexibility index (Phi) is 3.12. The molecule has 1 aliphatic rings. The van der Waals surface area contributed by atoms with Crippen LogP contribution in [0.15, 0.2) is 18.2 Å². The highest BCUT2D eigenvalue weighted by molar-refractivity contribution is 5.95. The lowest BCUT2D eigenvalue weighted by atomic mass is 10.1. The highest BCUT2D eigenvalue weighted by atomic mass is 19.1. The van der Waals surface area contributed by atoms with Gasteiger partial charge in [-0.05, 0) is 24.1 Å². The van der Waals surface area contributed by atoms with Crippen LogP contribution >= 0.6 is 0 Å². The molecule has 1 aromatic carbocycles. The molecular weight excluding hydrogens is 280 g/mol. The average molecular weight is 293 g/mol. The number of halogens is 2. The Morgan fingerprint density at radius 3 is 2.67 bits per heavy atom. The minimum absolute atomic E-state index is 0.122. The van der Waals surface area contributed by atoms with Gasteiger partial charge in [-0.25, -0.2) is 18.3 Å². The first-order chi connectivity index (χ1) is 9.99. The zero-order valence-electron chi connectivity index (χ0n) is 11.2. The zero-order chi connectivity index (χ0) is 15.1. The lowest BCUT2D eigenvalue weighted by molar-refractivity contribution is 0.0697. The van der Waals surface area contributed by atoms with Crippen molar-refractivity contribution in [3.05, 3.63) is 46.7 Å². The molecule has 0 fully saturated rings. The molecule has 0 aliphatic carbocycles. The summed E-state index contributed by atoms with van der Waals surface area (Å²) in [6, 6.07) is 2.86. The number of carboxylic acid groups (broad SMARTS) is 1. The Balaban J connectivity index is 1.96. The normalized spacial score (nSPS) is 16.6. The predicted octanol–water partition coefficient (Wildman–Crippen LogP) is 2.59. The van der Waals surface area contributed by atoms with E-state index in [1.165, 1.54) is 16.8 Å². The third-order valence-corrected chi connectivity index (χ3v) is 3.53. The molecule has 1 atom stereocenters. The molecule has 0 bridgehead atoms. The first-order valence-corrected chi connectivity index (χ1v) is 6.55. The summed E-state index contributed by atoms with van der Waals surface area (Å²) < 4.78 is 28.1. The number of fused-ring (bicyclic) bond motifs is 1. The van der Waals surface area contributed by atoms with Gasteiger partial charge in [0.25, 0.3) is 0 Å². The van der Waals surface area contributed by atoms with Crippen molar-refractivity contribution in [2.75, 3.05) is 5.32 Å². The van der Waals surface area contributed by atoms with Crippen molar-refractivity contribution in [3.8, 4) is 0 Å². The van der Waals surface area contributed by atoms with Gasteiger partial charge in [0, 0.05) is 6.07 Å². The molecule has 0 radical (unpaired) electrons. The summed E-state index contributed by atoms with van der Waals surface area (Å²) in [6.07, 6.45) is 0.503. The van der Waals surface area contributed by atoms with E-state index in [2.05, 4.69) is 10.4 Å². The standard InChI is InChI=1S/C14H13F2N3O2/c1-2-10-12(14(20)21)13-17-11(6-19(13)18-10)7-3-8(15)5-9(16)4-7/h3-5,11,17H,2,6H2,1H3,(H,20,21). The Labute approximate surface area is 119 Å². The number of hydrogen-bond donors (Lipinski definition) is 2. The summed E-state index contributed by atoms with van der Waals surface area (Å²) in [5.74, 6) is -2.01. The molecule has 110 valence electrons. The van der Waals surface area contributed by atoms with E-state index in [0.29, 0.717) is 30.0 Å². The van der Waals surface area contributed by atoms with Crippen molar-refractivity contribution in [2.45, 2.75) is 25.9 Å². The lowest BCUT2D eigenvalue weighted by Gasteiger charge is -2.12. The fraction of sp³-hybridized carbons (Fsp3) is 0.286. The third-order valence-electron chi connectivity index (χ3n) is 3.53. The molecule has 0 saturated carbocycles. The van der Waals surface area contributed by atoms with Crippen molar-refractivity contribution in [1.29, 1.82) is 0 Å². The second-order valence-corrected chi connectivity index (χ2v) is 4.91. The highest BCUT2D eigenvalue weighted by Gasteiger charge is 2.31. The van der Waals surface area contributed by atoms with Crippen LogP contribution in [0, 0.1) is 11.6 Å². The topological polar surface area (TPSA) is 67.2 Å². The van der Waals surface area contributed by atoms with Gasteiger partial charge in [0.05, 0.1) is 18.3 Å². The number of rotatable bonds is 3. The first-order valence-electron chi connectivity index (χ1n) is 6.55. The number of carbonyl (C=O) groups is 1.